The van der Waals surface area contributed by atoms with E-state index >= 15 is 0 Å². The van der Waals surface area contributed by atoms with Crippen LogP contribution in [0.1, 0.15) is 31.2 Å². The van der Waals surface area contributed by atoms with Gasteiger partial charge in [-0.1, -0.05) is 44.2 Å². The Labute approximate surface area is 125 Å². The number of fused-ring (bicyclic) bond motifs is 1. The monoisotopic (exact) mass is 280 g/mol. The van der Waals surface area contributed by atoms with Crippen molar-refractivity contribution in [2.45, 2.75) is 26.3 Å². The Bertz CT molecular complexity index is 745. The summed E-state index contributed by atoms with van der Waals surface area (Å²) in [5, 5.41) is 0. The largest absolute Gasteiger partial charge is 0.497 e. The molecule has 1 heterocycles. The Morgan fingerprint density at radius 2 is 1.86 bits per heavy atom. The zero-order chi connectivity index (χ0) is 14.8. The van der Waals surface area contributed by atoms with Crippen LogP contribution < -0.4 is 4.74 Å². The van der Waals surface area contributed by atoms with E-state index in [9.17, 15) is 0 Å². The van der Waals surface area contributed by atoms with Gasteiger partial charge >= 0.3 is 0 Å². The number of nitrogens with zero attached hydrogens (tertiary/aromatic N) is 2. The number of rotatable bonds is 4. The van der Waals surface area contributed by atoms with Crippen LogP contribution in [0.25, 0.3) is 11.0 Å². The van der Waals surface area contributed by atoms with Crippen molar-refractivity contribution < 1.29 is 4.74 Å². The van der Waals surface area contributed by atoms with Gasteiger partial charge in [-0.3, -0.25) is 0 Å². The van der Waals surface area contributed by atoms with Crippen molar-refractivity contribution in [3.63, 3.8) is 0 Å². The fourth-order valence-electron chi connectivity index (χ4n) is 2.62. The lowest BCUT2D eigenvalue weighted by molar-refractivity contribution is 0.415. The zero-order valence-electron chi connectivity index (χ0n) is 12.7. The summed E-state index contributed by atoms with van der Waals surface area (Å²) in [7, 11) is 1.70. The molecule has 1 aromatic heterocycles. The molecule has 0 unspecified atom stereocenters. The lowest BCUT2D eigenvalue weighted by Crippen LogP contribution is -2.06. The summed E-state index contributed by atoms with van der Waals surface area (Å²) in [5.74, 6) is 2.36. The van der Waals surface area contributed by atoms with Crippen LogP contribution in [-0.2, 0) is 6.54 Å². The highest BCUT2D eigenvalue weighted by molar-refractivity contribution is 5.78. The molecular weight excluding hydrogens is 260 g/mol. The van der Waals surface area contributed by atoms with Gasteiger partial charge in [0.2, 0.25) is 0 Å². The van der Waals surface area contributed by atoms with E-state index in [1.54, 1.807) is 7.11 Å². The van der Waals surface area contributed by atoms with Crippen molar-refractivity contribution in [1.29, 1.82) is 0 Å². The molecule has 0 amide bonds. The van der Waals surface area contributed by atoms with Crippen molar-refractivity contribution in [2.24, 2.45) is 0 Å². The first kappa shape index (κ1) is 13.7. The van der Waals surface area contributed by atoms with Gasteiger partial charge in [-0.2, -0.15) is 0 Å². The maximum atomic E-state index is 5.36. The van der Waals surface area contributed by atoms with Crippen LogP contribution in [-0.4, -0.2) is 16.7 Å². The molecule has 3 heteroatoms. The second-order valence-corrected chi connectivity index (χ2v) is 5.55. The van der Waals surface area contributed by atoms with E-state index in [2.05, 4.69) is 48.7 Å². The van der Waals surface area contributed by atoms with E-state index in [4.69, 9.17) is 9.72 Å². The molecule has 0 spiro atoms. The van der Waals surface area contributed by atoms with Gasteiger partial charge in [-0.15, -0.1) is 0 Å². The third-order valence-corrected chi connectivity index (χ3v) is 3.68. The van der Waals surface area contributed by atoms with E-state index in [0.717, 1.165) is 29.2 Å². The van der Waals surface area contributed by atoms with Gasteiger partial charge in [0, 0.05) is 18.5 Å². The Hall–Kier alpha value is -2.29. The van der Waals surface area contributed by atoms with Crippen molar-refractivity contribution in [1.82, 2.24) is 9.55 Å². The van der Waals surface area contributed by atoms with E-state index in [-0.39, 0.29) is 0 Å². The molecule has 3 rings (SSSR count). The summed E-state index contributed by atoms with van der Waals surface area (Å²) in [6.45, 7) is 5.19. The fourth-order valence-corrected chi connectivity index (χ4v) is 2.62. The second kappa shape index (κ2) is 5.60. The molecule has 0 N–H and O–H groups in total. The first-order valence-corrected chi connectivity index (χ1v) is 7.27. The molecule has 2 aromatic carbocycles. The SMILES string of the molecule is COc1ccc2nc(C(C)C)n(Cc3ccccc3)c2c1. The quantitative estimate of drug-likeness (QED) is 0.715. The van der Waals surface area contributed by atoms with Crippen molar-refractivity contribution >= 4 is 11.0 Å². The van der Waals surface area contributed by atoms with Gasteiger partial charge in [-0.25, -0.2) is 4.98 Å². The van der Waals surface area contributed by atoms with Gasteiger partial charge in [0.25, 0.3) is 0 Å². The minimum absolute atomic E-state index is 0.382. The molecule has 108 valence electrons. The van der Waals surface area contributed by atoms with Crippen LogP contribution in [0.3, 0.4) is 0 Å². The number of aromatic nitrogens is 2. The van der Waals surface area contributed by atoms with Gasteiger partial charge < -0.3 is 9.30 Å². The molecular formula is C18H20N2O. The minimum Gasteiger partial charge on any atom is -0.497 e. The van der Waals surface area contributed by atoms with Gasteiger partial charge in [0.15, 0.2) is 0 Å². The molecule has 21 heavy (non-hydrogen) atoms. The number of hydrogen-bond donors (Lipinski definition) is 0. The van der Waals surface area contributed by atoms with Gasteiger partial charge in [0.1, 0.15) is 11.6 Å². The molecule has 0 atom stereocenters. The molecule has 0 aliphatic carbocycles. The van der Waals surface area contributed by atoms with Crippen LogP contribution >= 0.6 is 0 Å². The fraction of sp³-hybridized carbons (Fsp3) is 0.278. The Morgan fingerprint density at radius 3 is 2.52 bits per heavy atom. The summed E-state index contributed by atoms with van der Waals surface area (Å²) < 4.78 is 7.65. The predicted octanol–water partition coefficient (Wildman–Crippen LogP) is 4.22. The summed E-state index contributed by atoms with van der Waals surface area (Å²) in [6, 6.07) is 16.5. The zero-order valence-corrected chi connectivity index (χ0v) is 12.7. The number of imidazole rings is 1. The molecule has 3 aromatic rings. The molecule has 0 fully saturated rings. The standard InChI is InChI=1S/C18H20N2O/c1-13(2)18-19-16-10-9-15(21-3)11-17(16)20(18)12-14-7-5-4-6-8-14/h4-11,13H,12H2,1-3H3. The number of methoxy groups -OCH3 is 1. The molecule has 0 saturated heterocycles. The number of benzene rings is 2. The second-order valence-electron chi connectivity index (χ2n) is 5.55. The maximum Gasteiger partial charge on any atom is 0.121 e. The van der Waals surface area contributed by atoms with Crippen molar-refractivity contribution in [3.05, 3.63) is 59.9 Å². The topological polar surface area (TPSA) is 27.1 Å². The van der Waals surface area contributed by atoms with Gasteiger partial charge in [0.05, 0.1) is 18.1 Å². The summed E-state index contributed by atoms with van der Waals surface area (Å²) in [5.41, 5.74) is 3.43. The summed E-state index contributed by atoms with van der Waals surface area (Å²) in [6.07, 6.45) is 0. The average Bonchev–Trinajstić information content (AvgIpc) is 2.86. The predicted molar refractivity (Wildman–Crippen MR) is 85.9 cm³/mol. The Balaban J connectivity index is 2.14. The van der Waals surface area contributed by atoms with Crippen molar-refractivity contribution in [2.75, 3.05) is 7.11 Å². The maximum absolute atomic E-state index is 5.36. The van der Waals surface area contributed by atoms with Gasteiger partial charge in [-0.05, 0) is 17.7 Å². The van der Waals surface area contributed by atoms with Crippen molar-refractivity contribution in [3.8, 4) is 5.75 Å². The first-order valence-electron chi connectivity index (χ1n) is 7.27. The highest BCUT2D eigenvalue weighted by atomic mass is 16.5. The lowest BCUT2D eigenvalue weighted by atomic mass is 10.2. The number of ether oxygens (including phenoxy) is 1. The molecule has 3 nitrogen and oxygen atoms in total. The molecule has 0 aliphatic heterocycles. The average molecular weight is 280 g/mol. The van der Waals surface area contributed by atoms with Crippen LogP contribution in [0.15, 0.2) is 48.5 Å². The summed E-state index contributed by atoms with van der Waals surface area (Å²) in [4.78, 5) is 4.79. The highest BCUT2D eigenvalue weighted by Gasteiger charge is 2.14. The molecule has 0 aliphatic rings. The molecule has 0 radical (unpaired) electrons. The smallest absolute Gasteiger partial charge is 0.121 e. The van der Waals surface area contributed by atoms with E-state index < -0.39 is 0 Å². The van der Waals surface area contributed by atoms with E-state index in [1.165, 1.54) is 5.56 Å². The van der Waals surface area contributed by atoms with E-state index in [1.807, 2.05) is 18.2 Å². The van der Waals surface area contributed by atoms with Crippen LogP contribution in [0.5, 0.6) is 5.75 Å². The van der Waals surface area contributed by atoms with Crippen LogP contribution in [0.4, 0.5) is 0 Å². The highest BCUT2D eigenvalue weighted by Crippen LogP contribution is 2.26. The van der Waals surface area contributed by atoms with E-state index in [0.29, 0.717) is 5.92 Å². The van der Waals surface area contributed by atoms with Crippen LogP contribution in [0, 0.1) is 0 Å². The normalized spacial score (nSPS) is 11.2. The van der Waals surface area contributed by atoms with Crippen LogP contribution in [0.2, 0.25) is 0 Å². The third kappa shape index (κ3) is 2.64. The molecule has 0 saturated carbocycles. The lowest BCUT2D eigenvalue weighted by Gasteiger charge is -2.12. The minimum atomic E-state index is 0.382. The number of hydrogen-bond acceptors (Lipinski definition) is 2. The Morgan fingerprint density at radius 1 is 1.10 bits per heavy atom. The third-order valence-electron chi connectivity index (χ3n) is 3.68. The summed E-state index contributed by atoms with van der Waals surface area (Å²) >= 11 is 0. The first-order chi connectivity index (χ1) is 10.2. The Kier molecular flexibility index (Phi) is 3.65. The molecule has 0 bridgehead atoms.